The fourth-order valence-corrected chi connectivity index (χ4v) is 2.31. The largest absolute Gasteiger partial charge is 0.360 e. The van der Waals surface area contributed by atoms with E-state index < -0.39 is 0 Å². The van der Waals surface area contributed by atoms with Gasteiger partial charge < -0.3 is 9.84 Å². The molecule has 1 heterocycles. The third kappa shape index (κ3) is 3.57. The molecule has 0 radical (unpaired) electrons. The smallest absolute Gasteiger partial charge is 0.320 e. The molecule has 6 heteroatoms. The average molecular weight is 324 g/mol. The van der Waals surface area contributed by atoms with Crippen LogP contribution in [-0.2, 0) is 0 Å². The van der Waals surface area contributed by atoms with E-state index in [1.165, 1.54) is 0 Å². The van der Waals surface area contributed by atoms with Crippen molar-refractivity contribution >= 4 is 27.8 Å². The first-order valence-electron chi connectivity index (χ1n) is 5.81. The molecule has 1 aromatic heterocycles. The Hall–Kier alpha value is -1.82. The van der Waals surface area contributed by atoms with Crippen LogP contribution in [0.25, 0.3) is 0 Å². The number of benzene rings is 1. The van der Waals surface area contributed by atoms with Gasteiger partial charge in [0.2, 0.25) is 0 Å². The molecule has 0 spiro atoms. The third-order valence-corrected chi connectivity index (χ3v) is 3.31. The fourth-order valence-electron chi connectivity index (χ4n) is 1.68. The summed E-state index contributed by atoms with van der Waals surface area (Å²) in [5, 5.41) is 9.14. The van der Waals surface area contributed by atoms with Gasteiger partial charge in [-0.1, -0.05) is 39.3 Å². The maximum atomic E-state index is 11.8. The van der Waals surface area contributed by atoms with Gasteiger partial charge >= 0.3 is 6.03 Å². The van der Waals surface area contributed by atoms with Crippen LogP contribution in [0.5, 0.6) is 0 Å². The summed E-state index contributed by atoms with van der Waals surface area (Å²) in [5.41, 5.74) is 1.01. The van der Waals surface area contributed by atoms with E-state index in [0.717, 1.165) is 10.0 Å². The molecule has 19 heavy (non-hydrogen) atoms. The van der Waals surface area contributed by atoms with Crippen LogP contribution < -0.4 is 10.6 Å². The first-order chi connectivity index (χ1) is 9.06. The predicted molar refractivity (Wildman–Crippen MR) is 76.0 cm³/mol. The first-order valence-corrected chi connectivity index (χ1v) is 6.61. The lowest BCUT2D eigenvalue weighted by molar-refractivity contribution is 0.249. The van der Waals surface area contributed by atoms with E-state index in [-0.39, 0.29) is 12.1 Å². The highest BCUT2D eigenvalue weighted by atomic mass is 79.9. The van der Waals surface area contributed by atoms with E-state index in [0.29, 0.717) is 11.6 Å². The summed E-state index contributed by atoms with van der Waals surface area (Å²) in [7, 11) is 0. The van der Waals surface area contributed by atoms with Crippen LogP contribution in [0.3, 0.4) is 0 Å². The summed E-state index contributed by atoms with van der Waals surface area (Å²) in [6, 6.07) is 8.96. The first kappa shape index (κ1) is 13.6. The van der Waals surface area contributed by atoms with E-state index in [4.69, 9.17) is 4.52 Å². The maximum absolute atomic E-state index is 11.8. The van der Waals surface area contributed by atoms with Crippen LogP contribution in [0.1, 0.15) is 24.3 Å². The summed E-state index contributed by atoms with van der Waals surface area (Å²) >= 11 is 3.46. The molecule has 1 aromatic carbocycles. The van der Waals surface area contributed by atoms with Gasteiger partial charge in [0.1, 0.15) is 5.76 Å². The second-order valence-electron chi connectivity index (χ2n) is 4.16. The van der Waals surface area contributed by atoms with E-state index in [2.05, 4.69) is 31.7 Å². The molecule has 0 saturated carbocycles. The number of urea groups is 1. The second kappa shape index (κ2) is 5.88. The SMILES string of the molecule is Cc1cc(NC(=O)N[C@H](C)c2ccccc2Br)no1. The summed E-state index contributed by atoms with van der Waals surface area (Å²) in [6.07, 6.45) is 0. The van der Waals surface area contributed by atoms with Crippen molar-refractivity contribution in [2.45, 2.75) is 19.9 Å². The molecule has 0 aliphatic rings. The van der Waals surface area contributed by atoms with Gasteiger partial charge in [0.15, 0.2) is 5.82 Å². The Labute approximate surface area is 119 Å². The van der Waals surface area contributed by atoms with Crippen LogP contribution in [0.15, 0.2) is 39.3 Å². The Morgan fingerprint density at radius 2 is 2.16 bits per heavy atom. The van der Waals surface area contributed by atoms with Crippen LogP contribution >= 0.6 is 15.9 Å². The molecule has 0 saturated heterocycles. The highest BCUT2D eigenvalue weighted by molar-refractivity contribution is 9.10. The number of halogens is 1. The predicted octanol–water partition coefficient (Wildman–Crippen LogP) is 3.63. The number of carbonyl (C=O) groups is 1. The molecular weight excluding hydrogens is 310 g/mol. The van der Waals surface area contributed by atoms with Gasteiger partial charge in [-0.25, -0.2) is 4.79 Å². The molecule has 100 valence electrons. The van der Waals surface area contributed by atoms with Crippen molar-refractivity contribution in [1.29, 1.82) is 0 Å². The average Bonchev–Trinajstić information content (AvgIpc) is 2.74. The summed E-state index contributed by atoms with van der Waals surface area (Å²) in [5.74, 6) is 1.04. The topological polar surface area (TPSA) is 67.2 Å². The zero-order valence-electron chi connectivity index (χ0n) is 10.6. The van der Waals surface area contributed by atoms with Gasteiger partial charge in [-0.05, 0) is 25.5 Å². The van der Waals surface area contributed by atoms with E-state index in [1.807, 2.05) is 31.2 Å². The molecule has 1 atom stereocenters. The minimum Gasteiger partial charge on any atom is -0.360 e. The van der Waals surface area contributed by atoms with Crippen molar-refractivity contribution in [1.82, 2.24) is 10.5 Å². The van der Waals surface area contributed by atoms with E-state index >= 15 is 0 Å². The number of hydrogen-bond acceptors (Lipinski definition) is 3. The van der Waals surface area contributed by atoms with Crippen molar-refractivity contribution in [3.63, 3.8) is 0 Å². The summed E-state index contributed by atoms with van der Waals surface area (Å²) in [4.78, 5) is 11.8. The van der Waals surface area contributed by atoms with Crippen LogP contribution in [-0.4, -0.2) is 11.2 Å². The third-order valence-electron chi connectivity index (χ3n) is 2.59. The molecule has 0 fully saturated rings. The number of nitrogens with zero attached hydrogens (tertiary/aromatic N) is 1. The Kier molecular flexibility index (Phi) is 4.21. The van der Waals surface area contributed by atoms with Crippen molar-refractivity contribution in [3.05, 3.63) is 46.1 Å². The van der Waals surface area contributed by atoms with E-state index in [1.54, 1.807) is 13.0 Å². The number of aryl methyl sites for hydroxylation is 1. The van der Waals surface area contributed by atoms with Gasteiger partial charge in [0, 0.05) is 10.5 Å². The second-order valence-corrected chi connectivity index (χ2v) is 5.02. The van der Waals surface area contributed by atoms with Crippen molar-refractivity contribution < 1.29 is 9.32 Å². The van der Waals surface area contributed by atoms with Crippen LogP contribution in [0.2, 0.25) is 0 Å². The van der Waals surface area contributed by atoms with Crippen LogP contribution in [0.4, 0.5) is 10.6 Å². The molecule has 2 N–H and O–H groups in total. The molecule has 2 amide bonds. The highest BCUT2D eigenvalue weighted by Crippen LogP contribution is 2.22. The molecular formula is C13H14BrN3O2. The number of nitrogens with one attached hydrogen (secondary N) is 2. The normalized spacial score (nSPS) is 11.9. The Morgan fingerprint density at radius 3 is 2.79 bits per heavy atom. The van der Waals surface area contributed by atoms with Crippen molar-refractivity contribution in [2.24, 2.45) is 0 Å². The standard InChI is InChI=1S/C13H14BrN3O2/c1-8-7-12(17-19-8)16-13(18)15-9(2)10-5-3-4-6-11(10)14/h3-7,9H,1-2H3,(H2,15,16,17,18)/t9-/m1/s1. The number of anilines is 1. The zero-order chi connectivity index (χ0) is 13.8. The summed E-state index contributed by atoms with van der Waals surface area (Å²) < 4.78 is 5.83. The minimum absolute atomic E-state index is 0.122. The number of amides is 2. The number of carbonyl (C=O) groups excluding carboxylic acids is 1. The molecule has 0 aliphatic carbocycles. The Morgan fingerprint density at radius 1 is 1.42 bits per heavy atom. The van der Waals surface area contributed by atoms with E-state index in [9.17, 15) is 4.79 Å². The van der Waals surface area contributed by atoms with Crippen LogP contribution in [0, 0.1) is 6.92 Å². The Balaban J connectivity index is 1.97. The lowest BCUT2D eigenvalue weighted by Gasteiger charge is -2.15. The quantitative estimate of drug-likeness (QED) is 0.906. The van der Waals surface area contributed by atoms with Crippen molar-refractivity contribution in [2.75, 3.05) is 5.32 Å². The van der Waals surface area contributed by atoms with Gasteiger partial charge in [0.25, 0.3) is 0 Å². The lowest BCUT2D eigenvalue weighted by atomic mass is 10.1. The molecule has 0 aliphatic heterocycles. The van der Waals surface area contributed by atoms with Crippen molar-refractivity contribution in [3.8, 4) is 0 Å². The zero-order valence-corrected chi connectivity index (χ0v) is 12.2. The summed E-state index contributed by atoms with van der Waals surface area (Å²) in [6.45, 7) is 3.67. The number of rotatable bonds is 3. The molecule has 5 nitrogen and oxygen atoms in total. The minimum atomic E-state index is -0.323. The Bertz CT molecular complexity index is 583. The molecule has 2 rings (SSSR count). The molecule has 0 bridgehead atoms. The van der Waals surface area contributed by atoms with Gasteiger partial charge in [0.05, 0.1) is 6.04 Å². The maximum Gasteiger partial charge on any atom is 0.320 e. The molecule has 0 unspecified atom stereocenters. The number of hydrogen-bond donors (Lipinski definition) is 2. The fraction of sp³-hybridized carbons (Fsp3) is 0.231. The highest BCUT2D eigenvalue weighted by Gasteiger charge is 2.12. The lowest BCUT2D eigenvalue weighted by Crippen LogP contribution is -2.31. The van der Waals surface area contributed by atoms with Gasteiger partial charge in [-0.2, -0.15) is 0 Å². The van der Waals surface area contributed by atoms with Gasteiger partial charge in [-0.3, -0.25) is 5.32 Å². The van der Waals surface area contributed by atoms with Gasteiger partial charge in [-0.15, -0.1) is 0 Å². The molecule has 2 aromatic rings. The number of aromatic nitrogens is 1. The monoisotopic (exact) mass is 323 g/mol.